The van der Waals surface area contributed by atoms with Crippen molar-refractivity contribution in [2.75, 3.05) is 13.7 Å². The Morgan fingerprint density at radius 2 is 2.33 bits per heavy atom. The van der Waals surface area contributed by atoms with Crippen molar-refractivity contribution < 1.29 is 14.4 Å². The molecule has 0 radical (unpaired) electrons. The fourth-order valence-electron chi connectivity index (χ4n) is 1.43. The van der Waals surface area contributed by atoms with Gasteiger partial charge in [-0.2, -0.15) is 4.98 Å². The number of methoxy groups -OCH3 is 1. The lowest BCUT2D eigenvalue weighted by Gasteiger charge is -2.04. The monoisotopic (exact) mass is 269 g/mol. The molecule has 0 spiro atoms. The second-order valence-electron chi connectivity index (χ2n) is 3.55. The average Bonchev–Trinajstić information content (AvgIpc) is 2.87. The van der Waals surface area contributed by atoms with Crippen LogP contribution in [0.15, 0.2) is 22.7 Å². The van der Waals surface area contributed by atoms with Gasteiger partial charge in [0.15, 0.2) is 0 Å². The van der Waals surface area contributed by atoms with Crippen molar-refractivity contribution in [3.8, 4) is 17.1 Å². The number of aromatic nitrogens is 2. The third kappa shape index (κ3) is 2.45. The van der Waals surface area contributed by atoms with Crippen LogP contribution in [0, 0.1) is 0 Å². The average molecular weight is 270 g/mol. The van der Waals surface area contributed by atoms with Gasteiger partial charge in [0, 0.05) is 11.6 Å². The molecule has 0 aliphatic heterocycles. The Hall–Kier alpha value is -1.63. The fraction of sp³-hybridized carbons (Fsp3) is 0.273. The number of hydrogen-bond acceptors (Lipinski definition) is 6. The lowest BCUT2D eigenvalue weighted by Crippen LogP contribution is -2.11. The van der Waals surface area contributed by atoms with E-state index in [1.54, 1.807) is 18.2 Å². The standard InChI is InChI=1S/C11H12ClN3O3/c1-17-9-4-6(12)2-3-7(9)10-14-11(18-15-10)8(16)5-13/h2-4,8,16H,5,13H2,1H3/t8-/m0/s1. The fourth-order valence-corrected chi connectivity index (χ4v) is 1.59. The normalized spacial score (nSPS) is 12.4. The summed E-state index contributed by atoms with van der Waals surface area (Å²) in [6, 6.07) is 5.05. The molecule has 1 heterocycles. The van der Waals surface area contributed by atoms with Crippen LogP contribution < -0.4 is 10.5 Å². The molecule has 96 valence electrons. The molecule has 0 amide bonds. The molecule has 2 rings (SSSR count). The number of aliphatic hydroxyl groups is 1. The van der Waals surface area contributed by atoms with Crippen LogP contribution in [0.2, 0.25) is 5.02 Å². The molecule has 0 aliphatic rings. The van der Waals surface area contributed by atoms with Crippen molar-refractivity contribution >= 4 is 11.6 Å². The number of aliphatic hydroxyl groups excluding tert-OH is 1. The molecule has 1 aromatic carbocycles. The van der Waals surface area contributed by atoms with Crippen LogP contribution in [-0.2, 0) is 0 Å². The molecule has 0 unspecified atom stereocenters. The van der Waals surface area contributed by atoms with Gasteiger partial charge in [-0.3, -0.25) is 0 Å². The van der Waals surface area contributed by atoms with Crippen molar-refractivity contribution in [3.63, 3.8) is 0 Å². The summed E-state index contributed by atoms with van der Waals surface area (Å²) < 4.78 is 10.1. The van der Waals surface area contributed by atoms with Gasteiger partial charge in [0.25, 0.3) is 5.89 Å². The minimum absolute atomic E-state index is 0.0133. The van der Waals surface area contributed by atoms with Crippen molar-refractivity contribution in [2.24, 2.45) is 5.73 Å². The lowest BCUT2D eigenvalue weighted by molar-refractivity contribution is 0.141. The highest BCUT2D eigenvalue weighted by Crippen LogP contribution is 2.30. The first-order chi connectivity index (χ1) is 8.65. The van der Waals surface area contributed by atoms with Gasteiger partial charge in [0.05, 0.1) is 12.7 Å². The van der Waals surface area contributed by atoms with Crippen molar-refractivity contribution in [1.82, 2.24) is 10.1 Å². The Morgan fingerprint density at radius 1 is 1.56 bits per heavy atom. The Morgan fingerprint density at radius 3 is 3.00 bits per heavy atom. The first-order valence-electron chi connectivity index (χ1n) is 5.21. The minimum atomic E-state index is -0.968. The van der Waals surface area contributed by atoms with Crippen LogP contribution in [0.1, 0.15) is 12.0 Å². The van der Waals surface area contributed by atoms with Gasteiger partial charge in [-0.05, 0) is 18.2 Å². The summed E-state index contributed by atoms with van der Waals surface area (Å²) in [4.78, 5) is 4.06. The Labute approximate surface area is 108 Å². The van der Waals surface area contributed by atoms with E-state index in [0.717, 1.165) is 0 Å². The molecule has 0 fully saturated rings. The summed E-state index contributed by atoms with van der Waals surface area (Å²) in [7, 11) is 1.52. The second-order valence-corrected chi connectivity index (χ2v) is 3.99. The van der Waals surface area contributed by atoms with Gasteiger partial charge in [0.2, 0.25) is 5.82 Å². The summed E-state index contributed by atoms with van der Waals surface area (Å²) in [5, 5.41) is 13.8. The molecule has 1 aromatic heterocycles. The molecule has 3 N–H and O–H groups in total. The molecular weight excluding hydrogens is 258 g/mol. The van der Waals surface area contributed by atoms with Crippen LogP contribution in [0.3, 0.4) is 0 Å². The molecule has 0 bridgehead atoms. The first-order valence-corrected chi connectivity index (χ1v) is 5.59. The number of halogens is 1. The van der Waals surface area contributed by atoms with E-state index in [1.807, 2.05) is 0 Å². The summed E-state index contributed by atoms with van der Waals surface area (Å²) >= 11 is 5.86. The Balaban J connectivity index is 2.39. The largest absolute Gasteiger partial charge is 0.496 e. The SMILES string of the molecule is COc1cc(Cl)ccc1-c1noc([C@@H](O)CN)n1. The van der Waals surface area contributed by atoms with E-state index in [4.69, 9.17) is 26.6 Å². The number of nitrogens with zero attached hydrogens (tertiary/aromatic N) is 2. The van der Waals surface area contributed by atoms with Gasteiger partial charge in [-0.15, -0.1) is 0 Å². The van der Waals surface area contributed by atoms with Gasteiger partial charge < -0.3 is 20.1 Å². The van der Waals surface area contributed by atoms with E-state index >= 15 is 0 Å². The summed E-state index contributed by atoms with van der Waals surface area (Å²) in [6.45, 7) is 0.0133. The third-order valence-corrected chi connectivity index (χ3v) is 2.59. The topological polar surface area (TPSA) is 94.4 Å². The molecule has 18 heavy (non-hydrogen) atoms. The van der Waals surface area contributed by atoms with Gasteiger partial charge in [0.1, 0.15) is 11.9 Å². The zero-order valence-electron chi connectivity index (χ0n) is 9.63. The summed E-state index contributed by atoms with van der Waals surface area (Å²) in [5.41, 5.74) is 5.93. The Bertz CT molecular complexity index is 544. The van der Waals surface area contributed by atoms with Gasteiger partial charge >= 0.3 is 0 Å². The highest BCUT2D eigenvalue weighted by Gasteiger charge is 2.17. The zero-order valence-corrected chi connectivity index (χ0v) is 10.4. The quantitative estimate of drug-likeness (QED) is 0.871. The van der Waals surface area contributed by atoms with Crippen LogP contribution in [0.5, 0.6) is 5.75 Å². The van der Waals surface area contributed by atoms with Crippen LogP contribution in [-0.4, -0.2) is 28.9 Å². The Kier molecular flexibility index (Phi) is 3.81. The minimum Gasteiger partial charge on any atom is -0.496 e. The van der Waals surface area contributed by atoms with Crippen molar-refractivity contribution in [1.29, 1.82) is 0 Å². The number of nitrogens with two attached hydrogens (primary N) is 1. The number of ether oxygens (including phenoxy) is 1. The van der Waals surface area contributed by atoms with Crippen molar-refractivity contribution in [2.45, 2.75) is 6.10 Å². The smallest absolute Gasteiger partial charge is 0.257 e. The maximum atomic E-state index is 9.49. The van der Waals surface area contributed by atoms with E-state index in [0.29, 0.717) is 22.2 Å². The predicted molar refractivity (Wildman–Crippen MR) is 65.3 cm³/mol. The van der Waals surface area contributed by atoms with E-state index in [9.17, 15) is 5.11 Å². The van der Waals surface area contributed by atoms with E-state index < -0.39 is 6.10 Å². The predicted octanol–water partition coefficient (Wildman–Crippen LogP) is 1.39. The van der Waals surface area contributed by atoms with Gasteiger partial charge in [-0.1, -0.05) is 16.8 Å². The van der Waals surface area contributed by atoms with Crippen molar-refractivity contribution in [3.05, 3.63) is 29.1 Å². The molecular formula is C11H12ClN3O3. The molecule has 0 saturated heterocycles. The third-order valence-electron chi connectivity index (χ3n) is 2.35. The maximum Gasteiger partial charge on any atom is 0.257 e. The van der Waals surface area contributed by atoms with Crippen LogP contribution in [0.4, 0.5) is 0 Å². The van der Waals surface area contributed by atoms with Gasteiger partial charge in [-0.25, -0.2) is 0 Å². The molecule has 1 atom stereocenters. The number of hydrogen-bond donors (Lipinski definition) is 2. The summed E-state index contributed by atoms with van der Waals surface area (Å²) in [5.74, 6) is 0.910. The van der Waals surface area contributed by atoms with Crippen LogP contribution >= 0.6 is 11.6 Å². The molecule has 7 heteroatoms. The molecule has 2 aromatic rings. The maximum absolute atomic E-state index is 9.49. The van der Waals surface area contributed by atoms with Crippen LogP contribution in [0.25, 0.3) is 11.4 Å². The molecule has 6 nitrogen and oxygen atoms in total. The van der Waals surface area contributed by atoms with E-state index in [-0.39, 0.29) is 12.4 Å². The first kappa shape index (κ1) is 12.8. The molecule has 0 saturated carbocycles. The number of rotatable bonds is 4. The second kappa shape index (κ2) is 5.34. The van der Waals surface area contributed by atoms with E-state index in [2.05, 4.69) is 10.1 Å². The van der Waals surface area contributed by atoms with E-state index in [1.165, 1.54) is 7.11 Å². The number of benzene rings is 1. The molecule has 0 aliphatic carbocycles. The highest BCUT2D eigenvalue weighted by atomic mass is 35.5. The summed E-state index contributed by atoms with van der Waals surface area (Å²) in [6.07, 6.45) is -0.968. The zero-order chi connectivity index (χ0) is 13.1. The highest BCUT2D eigenvalue weighted by molar-refractivity contribution is 6.30. The lowest BCUT2D eigenvalue weighted by atomic mass is 10.2.